The lowest BCUT2D eigenvalue weighted by Gasteiger charge is -2.11. The highest BCUT2D eigenvalue weighted by Crippen LogP contribution is 2.35. The Morgan fingerprint density at radius 1 is 1.69 bits per heavy atom. The highest BCUT2D eigenvalue weighted by atomic mass is 32.1. The second-order valence-electron chi connectivity index (χ2n) is 3.68. The molecule has 0 saturated carbocycles. The fourth-order valence-corrected chi connectivity index (χ4v) is 2.37. The van der Waals surface area contributed by atoms with Crippen LogP contribution in [0, 0.1) is 0 Å². The maximum atomic E-state index is 5.71. The van der Waals surface area contributed by atoms with E-state index in [0.717, 1.165) is 31.0 Å². The molecule has 0 amide bonds. The molecule has 1 saturated heterocycles. The Labute approximate surface area is 99.1 Å². The summed E-state index contributed by atoms with van der Waals surface area (Å²) < 4.78 is 15.0. The Morgan fingerprint density at radius 3 is 3.25 bits per heavy atom. The second kappa shape index (κ2) is 5.36. The van der Waals surface area contributed by atoms with Crippen LogP contribution in [0.2, 0.25) is 0 Å². The Hall–Kier alpha value is -1.01. The van der Waals surface area contributed by atoms with Crippen molar-refractivity contribution in [3.8, 4) is 5.75 Å². The summed E-state index contributed by atoms with van der Waals surface area (Å²) in [4.78, 5) is 0. The summed E-state index contributed by atoms with van der Waals surface area (Å²) in [7, 11) is 0. The zero-order chi connectivity index (χ0) is 11.4. The third kappa shape index (κ3) is 2.56. The first kappa shape index (κ1) is 11.5. The summed E-state index contributed by atoms with van der Waals surface area (Å²) in [5.41, 5.74) is 5.71. The van der Waals surface area contributed by atoms with Crippen molar-refractivity contribution >= 4 is 22.4 Å². The van der Waals surface area contributed by atoms with Crippen molar-refractivity contribution in [2.75, 3.05) is 30.8 Å². The standard InChI is InChI=1S/C10H17N3O2S/c1-2-14-8-9(11)13-16-10(8)12-6-7-4-3-5-15-7/h7,12H,2-6H2,1H3,(H2,11,13). The van der Waals surface area contributed by atoms with Gasteiger partial charge in [0.15, 0.2) is 16.6 Å². The van der Waals surface area contributed by atoms with Gasteiger partial charge in [0.1, 0.15) is 0 Å². The minimum absolute atomic E-state index is 0.304. The van der Waals surface area contributed by atoms with Gasteiger partial charge in [-0.3, -0.25) is 0 Å². The smallest absolute Gasteiger partial charge is 0.197 e. The zero-order valence-corrected chi connectivity index (χ0v) is 10.2. The molecule has 0 bridgehead atoms. The third-order valence-corrected chi connectivity index (χ3v) is 3.28. The van der Waals surface area contributed by atoms with E-state index in [0.29, 0.717) is 24.3 Å². The lowest BCUT2D eigenvalue weighted by atomic mass is 10.2. The van der Waals surface area contributed by atoms with Crippen LogP contribution in [0.5, 0.6) is 5.75 Å². The van der Waals surface area contributed by atoms with Crippen LogP contribution >= 0.6 is 11.5 Å². The number of hydrogen-bond donors (Lipinski definition) is 2. The minimum Gasteiger partial charge on any atom is -0.487 e. The number of anilines is 2. The second-order valence-corrected chi connectivity index (χ2v) is 4.45. The van der Waals surface area contributed by atoms with Crippen LogP contribution in [-0.4, -0.2) is 30.2 Å². The molecule has 3 N–H and O–H groups in total. The quantitative estimate of drug-likeness (QED) is 0.824. The van der Waals surface area contributed by atoms with Gasteiger partial charge >= 0.3 is 0 Å². The third-order valence-electron chi connectivity index (χ3n) is 2.48. The molecule has 0 aromatic carbocycles. The highest BCUT2D eigenvalue weighted by molar-refractivity contribution is 7.11. The molecule has 1 aliphatic heterocycles. The van der Waals surface area contributed by atoms with Gasteiger partial charge in [0, 0.05) is 13.2 Å². The van der Waals surface area contributed by atoms with Crippen molar-refractivity contribution in [3.63, 3.8) is 0 Å². The van der Waals surface area contributed by atoms with Crippen LogP contribution in [0.1, 0.15) is 19.8 Å². The fourth-order valence-electron chi connectivity index (χ4n) is 1.70. The maximum Gasteiger partial charge on any atom is 0.197 e. The molecular formula is C10H17N3O2S. The van der Waals surface area contributed by atoms with E-state index in [1.165, 1.54) is 11.5 Å². The molecule has 90 valence electrons. The first-order chi connectivity index (χ1) is 7.81. The first-order valence-electron chi connectivity index (χ1n) is 5.54. The average Bonchev–Trinajstić information content (AvgIpc) is 2.89. The van der Waals surface area contributed by atoms with E-state index in [4.69, 9.17) is 15.2 Å². The zero-order valence-electron chi connectivity index (χ0n) is 9.36. The van der Waals surface area contributed by atoms with Crippen molar-refractivity contribution in [3.05, 3.63) is 0 Å². The van der Waals surface area contributed by atoms with E-state index < -0.39 is 0 Å². The van der Waals surface area contributed by atoms with Crippen LogP contribution in [-0.2, 0) is 4.74 Å². The summed E-state index contributed by atoms with van der Waals surface area (Å²) >= 11 is 1.33. The molecule has 5 nitrogen and oxygen atoms in total. The van der Waals surface area contributed by atoms with Gasteiger partial charge < -0.3 is 20.5 Å². The number of nitrogens with one attached hydrogen (secondary N) is 1. The highest BCUT2D eigenvalue weighted by Gasteiger charge is 2.18. The SMILES string of the molecule is CCOc1c(N)nsc1NCC1CCCO1. The Morgan fingerprint density at radius 2 is 2.56 bits per heavy atom. The van der Waals surface area contributed by atoms with Gasteiger partial charge in [-0.1, -0.05) is 0 Å². The Kier molecular flexibility index (Phi) is 3.84. The van der Waals surface area contributed by atoms with Gasteiger partial charge in [0.2, 0.25) is 0 Å². The van der Waals surface area contributed by atoms with E-state index >= 15 is 0 Å². The van der Waals surface area contributed by atoms with Crippen molar-refractivity contribution in [2.24, 2.45) is 0 Å². The molecular weight excluding hydrogens is 226 g/mol. The Bertz CT molecular complexity index is 337. The summed E-state index contributed by atoms with van der Waals surface area (Å²) in [5, 5.41) is 4.18. The van der Waals surface area contributed by atoms with Crippen LogP contribution in [0.4, 0.5) is 10.8 Å². The average molecular weight is 243 g/mol. The summed E-state index contributed by atoms with van der Waals surface area (Å²) in [5.74, 6) is 1.13. The number of nitrogen functional groups attached to an aromatic ring is 1. The van der Waals surface area contributed by atoms with Gasteiger partial charge in [-0.2, -0.15) is 4.37 Å². The number of hydrogen-bond acceptors (Lipinski definition) is 6. The summed E-state index contributed by atoms with van der Waals surface area (Å²) in [6.07, 6.45) is 2.57. The molecule has 0 spiro atoms. The summed E-state index contributed by atoms with van der Waals surface area (Å²) in [6.45, 7) is 4.19. The molecule has 6 heteroatoms. The van der Waals surface area contributed by atoms with Gasteiger partial charge in [0.25, 0.3) is 0 Å². The van der Waals surface area contributed by atoms with Crippen molar-refractivity contribution in [1.29, 1.82) is 0 Å². The number of nitrogens with two attached hydrogens (primary N) is 1. The number of rotatable bonds is 5. The summed E-state index contributed by atoms with van der Waals surface area (Å²) in [6, 6.07) is 0. The lowest BCUT2D eigenvalue weighted by Crippen LogP contribution is -2.18. The molecule has 1 unspecified atom stereocenters. The monoisotopic (exact) mass is 243 g/mol. The van der Waals surface area contributed by atoms with Crippen molar-refractivity contribution in [2.45, 2.75) is 25.9 Å². The van der Waals surface area contributed by atoms with E-state index in [2.05, 4.69) is 9.69 Å². The number of ether oxygens (including phenoxy) is 2. The van der Waals surface area contributed by atoms with Crippen molar-refractivity contribution < 1.29 is 9.47 Å². The molecule has 0 radical (unpaired) electrons. The Balaban J connectivity index is 1.92. The lowest BCUT2D eigenvalue weighted by molar-refractivity contribution is 0.120. The first-order valence-corrected chi connectivity index (χ1v) is 6.32. The number of aromatic nitrogens is 1. The van der Waals surface area contributed by atoms with E-state index in [1.807, 2.05) is 6.92 Å². The maximum absolute atomic E-state index is 5.71. The predicted molar refractivity (Wildman–Crippen MR) is 65.2 cm³/mol. The van der Waals surface area contributed by atoms with Gasteiger partial charge in [0.05, 0.1) is 12.7 Å². The molecule has 1 aromatic rings. The molecule has 0 aliphatic carbocycles. The predicted octanol–water partition coefficient (Wildman–Crippen LogP) is 1.71. The molecule has 1 fully saturated rings. The molecule has 2 heterocycles. The van der Waals surface area contributed by atoms with Crippen molar-refractivity contribution in [1.82, 2.24) is 4.37 Å². The fraction of sp³-hybridized carbons (Fsp3) is 0.700. The van der Waals surface area contributed by atoms with Crippen LogP contribution < -0.4 is 15.8 Å². The van der Waals surface area contributed by atoms with Gasteiger partial charge in [-0.15, -0.1) is 0 Å². The molecule has 2 rings (SSSR count). The van der Waals surface area contributed by atoms with Crippen LogP contribution in [0.25, 0.3) is 0 Å². The van der Waals surface area contributed by atoms with Gasteiger partial charge in [-0.05, 0) is 31.3 Å². The molecule has 1 aliphatic rings. The molecule has 16 heavy (non-hydrogen) atoms. The largest absolute Gasteiger partial charge is 0.487 e. The number of nitrogens with zero attached hydrogens (tertiary/aromatic N) is 1. The van der Waals surface area contributed by atoms with Crippen LogP contribution in [0.15, 0.2) is 0 Å². The van der Waals surface area contributed by atoms with E-state index in [9.17, 15) is 0 Å². The van der Waals surface area contributed by atoms with Gasteiger partial charge in [-0.25, -0.2) is 0 Å². The van der Waals surface area contributed by atoms with E-state index in [-0.39, 0.29) is 0 Å². The topological polar surface area (TPSA) is 69.4 Å². The minimum atomic E-state index is 0.304. The molecule has 1 aromatic heterocycles. The van der Waals surface area contributed by atoms with Crippen LogP contribution in [0.3, 0.4) is 0 Å². The molecule has 1 atom stereocenters. The van der Waals surface area contributed by atoms with E-state index in [1.54, 1.807) is 0 Å². The normalized spacial score (nSPS) is 19.9.